The number of rotatable bonds is 2. The first kappa shape index (κ1) is 14.4. The van der Waals surface area contributed by atoms with Gasteiger partial charge in [0.15, 0.2) is 9.84 Å². The third-order valence-electron chi connectivity index (χ3n) is 4.62. The molecule has 1 unspecified atom stereocenters. The van der Waals surface area contributed by atoms with Crippen LogP contribution in [0, 0.1) is 5.41 Å². The van der Waals surface area contributed by atoms with Crippen LogP contribution in [0.5, 0.6) is 0 Å². The average Bonchev–Trinajstić information content (AvgIpc) is 2.85. The minimum Gasteiger partial charge on any atom is -0.369 e. The molecule has 0 bridgehead atoms. The summed E-state index contributed by atoms with van der Waals surface area (Å²) in [5, 5.41) is 0. The Kier molecular flexibility index (Phi) is 3.06. The van der Waals surface area contributed by atoms with Crippen molar-refractivity contribution in [2.24, 2.45) is 5.41 Å². The molecular formula is C15H21N3O2S. The molecule has 0 radical (unpaired) electrons. The molecule has 1 aromatic heterocycles. The fraction of sp³-hybridized carbons (Fsp3) is 0.533. The number of para-hydroxylation sites is 1. The lowest BCUT2D eigenvalue weighted by molar-refractivity contribution is 0.268. The van der Waals surface area contributed by atoms with Crippen LogP contribution in [0.15, 0.2) is 23.1 Å². The molecule has 1 heterocycles. The minimum atomic E-state index is -3.32. The minimum absolute atomic E-state index is 0.142. The van der Waals surface area contributed by atoms with E-state index in [0.717, 1.165) is 24.8 Å². The molecule has 21 heavy (non-hydrogen) atoms. The van der Waals surface area contributed by atoms with Crippen LogP contribution in [0.2, 0.25) is 0 Å². The first-order valence-corrected chi connectivity index (χ1v) is 9.07. The van der Waals surface area contributed by atoms with Crippen LogP contribution in [0.25, 0.3) is 11.0 Å². The van der Waals surface area contributed by atoms with Gasteiger partial charge in [0.1, 0.15) is 5.52 Å². The highest BCUT2D eigenvalue weighted by Gasteiger charge is 2.37. The largest absolute Gasteiger partial charge is 0.369 e. The summed E-state index contributed by atoms with van der Waals surface area (Å²) >= 11 is 0. The Balaban J connectivity index is 2.29. The van der Waals surface area contributed by atoms with E-state index in [2.05, 4.69) is 18.8 Å². The van der Waals surface area contributed by atoms with Crippen LogP contribution in [-0.4, -0.2) is 24.2 Å². The molecular weight excluding hydrogens is 286 g/mol. The van der Waals surface area contributed by atoms with Crippen molar-refractivity contribution in [1.29, 1.82) is 0 Å². The van der Waals surface area contributed by atoms with E-state index in [9.17, 15) is 8.42 Å². The van der Waals surface area contributed by atoms with Crippen LogP contribution in [0.4, 0.5) is 5.95 Å². The molecule has 3 rings (SSSR count). The zero-order valence-corrected chi connectivity index (χ0v) is 13.4. The number of hydrogen-bond acceptors (Lipinski definition) is 4. The first-order valence-electron chi connectivity index (χ1n) is 7.18. The molecule has 1 fully saturated rings. The van der Waals surface area contributed by atoms with E-state index >= 15 is 0 Å². The zero-order valence-electron chi connectivity index (χ0n) is 12.6. The summed E-state index contributed by atoms with van der Waals surface area (Å²) in [6.07, 6.45) is 4.55. The normalized spacial score (nSPS) is 22.0. The Hall–Kier alpha value is -1.56. The lowest BCUT2D eigenvalue weighted by Gasteiger charge is -2.29. The van der Waals surface area contributed by atoms with Gasteiger partial charge < -0.3 is 10.3 Å². The van der Waals surface area contributed by atoms with Gasteiger partial charge in [-0.25, -0.2) is 13.4 Å². The number of fused-ring (bicyclic) bond motifs is 1. The predicted molar refractivity (Wildman–Crippen MR) is 83.9 cm³/mol. The number of imidazole rings is 1. The van der Waals surface area contributed by atoms with Crippen molar-refractivity contribution in [2.45, 2.75) is 44.0 Å². The molecule has 5 nitrogen and oxygen atoms in total. The Morgan fingerprint density at radius 3 is 2.67 bits per heavy atom. The highest BCUT2D eigenvalue weighted by Crippen LogP contribution is 2.48. The molecule has 2 N–H and O–H groups in total. The number of hydrogen-bond donors (Lipinski definition) is 1. The topological polar surface area (TPSA) is 78.0 Å². The fourth-order valence-electron chi connectivity index (χ4n) is 3.52. The van der Waals surface area contributed by atoms with Crippen molar-refractivity contribution in [3.63, 3.8) is 0 Å². The lowest BCUT2D eigenvalue weighted by atomic mass is 9.87. The van der Waals surface area contributed by atoms with E-state index in [-0.39, 0.29) is 16.4 Å². The Morgan fingerprint density at radius 1 is 1.38 bits per heavy atom. The average molecular weight is 307 g/mol. The van der Waals surface area contributed by atoms with Gasteiger partial charge in [-0.3, -0.25) is 0 Å². The van der Waals surface area contributed by atoms with Gasteiger partial charge in [-0.2, -0.15) is 0 Å². The molecule has 0 amide bonds. The summed E-state index contributed by atoms with van der Waals surface area (Å²) in [5.41, 5.74) is 7.57. The summed E-state index contributed by atoms with van der Waals surface area (Å²) in [7, 11) is -3.32. The zero-order chi connectivity index (χ0) is 15.4. The monoisotopic (exact) mass is 307 g/mol. The Labute approximate surface area is 125 Å². The molecule has 1 aliphatic carbocycles. The summed E-state index contributed by atoms with van der Waals surface area (Å²) in [6.45, 7) is 4.46. The third kappa shape index (κ3) is 2.21. The number of benzene rings is 1. The van der Waals surface area contributed by atoms with Crippen LogP contribution in [0.3, 0.4) is 0 Å². The molecule has 0 aliphatic heterocycles. The second kappa shape index (κ2) is 4.47. The van der Waals surface area contributed by atoms with Crippen molar-refractivity contribution in [2.75, 3.05) is 12.0 Å². The number of sulfone groups is 1. The van der Waals surface area contributed by atoms with Crippen LogP contribution in [0.1, 0.15) is 39.2 Å². The van der Waals surface area contributed by atoms with E-state index < -0.39 is 9.84 Å². The Bertz CT molecular complexity index is 806. The quantitative estimate of drug-likeness (QED) is 0.925. The highest BCUT2D eigenvalue weighted by atomic mass is 32.2. The van der Waals surface area contributed by atoms with Crippen LogP contribution < -0.4 is 5.73 Å². The van der Waals surface area contributed by atoms with E-state index in [1.54, 1.807) is 12.1 Å². The first-order chi connectivity index (χ1) is 9.72. The Morgan fingerprint density at radius 2 is 2.10 bits per heavy atom. The molecule has 1 aliphatic rings. The van der Waals surface area contributed by atoms with Gasteiger partial charge in [0.2, 0.25) is 5.95 Å². The third-order valence-corrected chi connectivity index (χ3v) is 5.75. The van der Waals surface area contributed by atoms with E-state index in [4.69, 9.17) is 5.73 Å². The van der Waals surface area contributed by atoms with E-state index in [1.165, 1.54) is 6.26 Å². The number of nitrogens with zero attached hydrogens (tertiary/aromatic N) is 2. The van der Waals surface area contributed by atoms with Crippen molar-refractivity contribution >= 4 is 26.8 Å². The second-order valence-corrected chi connectivity index (χ2v) is 8.62. The molecule has 1 saturated carbocycles. The summed E-state index contributed by atoms with van der Waals surface area (Å²) in [4.78, 5) is 4.60. The van der Waals surface area contributed by atoms with Crippen molar-refractivity contribution in [3.05, 3.63) is 18.2 Å². The van der Waals surface area contributed by atoms with Gasteiger partial charge in [-0.05, 0) is 30.4 Å². The van der Waals surface area contributed by atoms with Gasteiger partial charge in [-0.1, -0.05) is 26.3 Å². The number of nitrogens with two attached hydrogens (primary N) is 1. The molecule has 0 saturated heterocycles. The van der Waals surface area contributed by atoms with Crippen LogP contribution in [-0.2, 0) is 9.84 Å². The van der Waals surface area contributed by atoms with Crippen LogP contribution >= 0.6 is 0 Å². The number of anilines is 1. The number of nitrogen functional groups attached to an aromatic ring is 1. The van der Waals surface area contributed by atoms with Crippen molar-refractivity contribution in [3.8, 4) is 0 Å². The molecule has 6 heteroatoms. The second-order valence-electron chi connectivity index (χ2n) is 6.63. The lowest BCUT2D eigenvalue weighted by Crippen LogP contribution is -2.22. The van der Waals surface area contributed by atoms with Gasteiger partial charge in [0.05, 0.1) is 10.4 Å². The van der Waals surface area contributed by atoms with Gasteiger partial charge in [0.25, 0.3) is 0 Å². The molecule has 114 valence electrons. The summed E-state index contributed by atoms with van der Waals surface area (Å²) in [5.74, 6) is 0.404. The maximum Gasteiger partial charge on any atom is 0.201 e. The van der Waals surface area contributed by atoms with Gasteiger partial charge >= 0.3 is 0 Å². The highest BCUT2D eigenvalue weighted by molar-refractivity contribution is 7.91. The molecule has 1 aromatic carbocycles. The maximum atomic E-state index is 11.9. The predicted octanol–water partition coefficient (Wildman–Crippen LogP) is 2.77. The van der Waals surface area contributed by atoms with Gasteiger partial charge in [0, 0.05) is 12.3 Å². The molecule has 2 aromatic rings. The SMILES string of the molecule is CC1(C)CCCC1n1c(N)nc2c(S(C)(=O)=O)cccc21. The van der Waals surface area contributed by atoms with E-state index in [1.807, 2.05) is 10.6 Å². The maximum absolute atomic E-state index is 11.9. The van der Waals surface area contributed by atoms with E-state index in [0.29, 0.717) is 11.5 Å². The van der Waals surface area contributed by atoms with Crippen molar-refractivity contribution in [1.82, 2.24) is 9.55 Å². The summed E-state index contributed by atoms with van der Waals surface area (Å²) < 4.78 is 25.9. The summed E-state index contributed by atoms with van der Waals surface area (Å²) in [6, 6.07) is 5.52. The van der Waals surface area contributed by atoms with Crippen molar-refractivity contribution < 1.29 is 8.42 Å². The number of aromatic nitrogens is 2. The standard InChI is InChI=1S/C15H21N3O2S/c1-15(2)9-5-8-12(15)18-10-6-4-7-11(21(3,19)20)13(10)17-14(18)16/h4,6-7,12H,5,8-9H2,1-3H3,(H2,16,17). The van der Waals surface area contributed by atoms with Gasteiger partial charge in [-0.15, -0.1) is 0 Å². The smallest absolute Gasteiger partial charge is 0.201 e. The molecule has 1 atom stereocenters. The molecule has 0 spiro atoms. The fourth-order valence-corrected chi connectivity index (χ4v) is 4.35.